The van der Waals surface area contributed by atoms with Gasteiger partial charge in [-0.05, 0) is 85.7 Å². The average Bonchev–Trinajstić information content (AvgIpc) is 3.06. The van der Waals surface area contributed by atoms with Crippen LogP contribution in [0.4, 0.5) is 0 Å². The molecule has 0 radical (unpaired) electrons. The van der Waals surface area contributed by atoms with E-state index in [1.807, 2.05) is 0 Å². The van der Waals surface area contributed by atoms with E-state index < -0.39 is 0 Å². The number of hydrogen-bond acceptors (Lipinski definition) is 1. The molecule has 0 spiro atoms. The molecule has 2 nitrogen and oxygen atoms in total. The summed E-state index contributed by atoms with van der Waals surface area (Å²) in [5.41, 5.74) is 0.444. The molecule has 0 aliphatic heterocycles. The van der Waals surface area contributed by atoms with Gasteiger partial charge in [0.05, 0.1) is 0 Å². The van der Waals surface area contributed by atoms with Crippen LogP contribution >= 0.6 is 12.2 Å². The van der Waals surface area contributed by atoms with Gasteiger partial charge in [-0.1, -0.05) is 32.9 Å². The fourth-order valence-electron chi connectivity index (χ4n) is 6.56. The van der Waals surface area contributed by atoms with Gasteiger partial charge in [0, 0.05) is 12.1 Å². The first-order valence-electron chi connectivity index (χ1n) is 9.65. The van der Waals surface area contributed by atoms with Gasteiger partial charge in [0.15, 0.2) is 5.11 Å². The second kappa shape index (κ2) is 5.75. The van der Waals surface area contributed by atoms with Gasteiger partial charge in [-0.15, -0.1) is 0 Å². The van der Waals surface area contributed by atoms with E-state index in [0.29, 0.717) is 17.5 Å². The zero-order chi connectivity index (χ0) is 16.2. The highest BCUT2D eigenvalue weighted by Gasteiger charge is 2.52. The smallest absolute Gasteiger partial charge is 0.166 e. The first kappa shape index (κ1) is 15.9. The molecule has 4 aliphatic rings. The Bertz CT molecular complexity index is 512. The Morgan fingerprint density at radius 2 is 1.91 bits per heavy atom. The first-order chi connectivity index (χ1) is 10.9. The Balaban J connectivity index is 1.32. The van der Waals surface area contributed by atoms with Crippen molar-refractivity contribution in [3.05, 3.63) is 12.2 Å². The lowest BCUT2D eigenvalue weighted by atomic mass is 9.71. The van der Waals surface area contributed by atoms with Gasteiger partial charge in [0.1, 0.15) is 0 Å². The molecular weight excluding hydrogens is 300 g/mol. The standard InChI is InChI=1S/C20H32N2S/c1-12-7-14(11-20(2,3)10-12)21-19(23)22-18-9-13-8-17(18)16-6-4-5-15(13)16/h4,6,12-18H,5,7-11H2,1-3H3,(H2,21,22,23)/t12-,13+,14+,15+,16-,17-,18-/m1/s1. The number of thiocarbonyl (C=S) groups is 1. The zero-order valence-corrected chi connectivity index (χ0v) is 15.7. The van der Waals surface area contributed by atoms with E-state index in [1.54, 1.807) is 0 Å². The Morgan fingerprint density at radius 1 is 1.09 bits per heavy atom. The minimum Gasteiger partial charge on any atom is -0.360 e. The lowest BCUT2D eigenvalue weighted by Crippen LogP contribution is -2.51. The maximum absolute atomic E-state index is 5.68. The SMILES string of the molecule is C[C@@H]1C[C@H](NC(=S)N[C@@H]2C[C@@H]3C[C@@H]2[C@@H]2C=CC[C@@H]32)CC(C)(C)C1. The second-order valence-electron chi connectivity index (χ2n) is 9.63. The molecule has 0 aromatic heterocycles. The molecule has 4 rings (SSSR count). The summed E-state index contributed by atoms with van der Waals surface area (Å²) >= 11 is 5.68. The zero-order valence-electron chi connectivity index (χ0n) is 14.8. The molecule has 3 heteroatoms. The highest BCUT2D eigenvalue weighted by molar-refractivity contribution is 7.80. The summed E-state index contributed by atoms with van der Waals surface area (Å²) in [6, 6.07) is 1.16. The summed E-state index contributed by atoms with van der Waals surface area (Å²) in [6.07, 6.45) is 12.8. The average molecular weight is 333 g/mol. The van der Waals surface area contributed by atoms with E-state index in [9.17, 15) is 0 Å². The third-order valence-electron chi connectivity index (χ3n) is 7.05. The number of allylic oxidation sites excluding steroid dienone is 2. The molecule has 23 heavy (non-hydrogen) atoms. The van der Waals surface area contributed by atoms with Crippen molar-refractivity contribution in [1.82, 2.24) is 10.6 Å². The number of rotatable bonds is 2. The highest BCUT2D eigenvalue weighted by atomic mass is 32.1. The maximum Gasteiger partial charge on any atom is 0.166 e. The number of fused-ring (bicyclic) bond motifs is 5. The van der Waals surface area contributed by atoms with Crippen LogP contribution in [0.3, 0.4) is 0 Å². The molecule has 0 saturated heterocycles. The fraction of sp³-hybridized carbons (Fsp3) is 0.850. The second-order valence-corrected chi connectivity index (χ2v) is 10.0. The van der Waals surface area contributed by atoms with E-state index in [0.717, 1.165) is 34.7 Å². The monoisotopic (exact) mass is 332 g/mol. The van der Waals surface area contributed by atoms with Gasteiger partial charge in [-0.3, -0.25) is 0 Å². The normalized spacial score (nSPS) is 46.7. The van der Waals surface area contributed by atoms with Gasteiger partial charge < -0.3 is 10.6 Å². The molecule has 2 N–H and O–H groups in total. The Morgan fingerprint density at radius 3 is 2.70 bits per heavy atom. The summed E-state index contributed by atoms with van der Waals surface area (Å²) in [7, 11) is 0. The van der Waals surface area contributed by atoms with Crippen LogP contribution in [-0.2, 0) is 0 Å². The lowest BCUT2D eigenvalue weighted by Gasteiger charge is -2.40. The molecular formula is C20H32N2S. The maximum atomic E-state index is 5.68. The minimum atomic E-state index is 0.444. The van der Waals surface area contributed by atoms with Gasteiger partial charge >= 0.3 is 0 Å². The van der Waals surface area contributed by atoms with E-state index >= 15 is 0 Å². The van der Waals surface area contributed by atoms with Crippen molar-refractivity contribution in [2.24, 2.45) is 35.0 Å². The fourth-order valence-corrected chi connectivity index (χ4v) is 6.88. The van der Waals surface area contributed by atoms with E-state index in [1.165, 1.54) is 38.5 Å². The molecule has 0 amide bonds. The van der Waals surface area contributed by atoms with E-state index in [-0.39, 0.29) is 0 Å². The molecule has 3 fully saturated rings. The van der Waals surface area contributed by atoms with Gasteiger partial charge in [0.25, 0.3) is 0 Å². The molecule has 7 atom stereocenters. The predicted molar refractivity (Wildman–Crippen MR) is 100 cm³/mol. The molecule has 0 aromatic carbocycles. The van der Waals surface area contributed by atoms with Crippen LogP contribution in [0.1, 0.15) is 59.3 Å². The van der Waals surface area contributed by atoms with Gasteiger partial charge in [-0.25, -0.2) is 0 Å². The molecule has 2 bridgehead atoms. The van der Waals surface area contributed by atoms with Crippen LogP contribution in [0.2, 0.25) is 0 Å². The van der Waals surface area contributed by atoms with Crippen molar-refractivity contribution in [2.45, 2.75) is 71.4 Å². The van der Waals surface area contributed by atoms with Crippen molar-refractivity contribution in [3.8, 4) is 0 Å². The van der Waals surface area contributed by atoms with E-state index in [2.05, 4.69) is 43.6 Å². The lowest BCUT2D eigenvalue weighted by molar-refractivity contribution is 0.161. The van der Waals surface area contributed by atoms with Crippen LogP contribution < -0.4 is 10.6 Å². The van der Waals surface area contributed by atoms with Crippen molar-refractivity contribution >= 4 is 17.3 Å². The van der Waals surface area contributed by atoms with Gasteiger partial charge in [0.2, 0.25) is 0 Å². The molecule has 4 aliphatic carbocycles. The molecule has 128 valence electrons. The van der Waals surface area contributed by atoms with Crippen LogP contribution in [-0.4, -0.2) is 17.2 Å². The summed E-state index contributed by atoms with van der Waals surface area (Å²) < 4.78 is 0. The number of hydrogen-bond donors (Lipinski definition) is 2. The van der Waals surface area contributed by atoms with E-state index in [4.69, 9.17) is 12.2 Å². The summed E-state index contributed by atoms with van der Waals surface area (Å²) in [4.78, 5) is 0. The Hall–Kier alpha value is -0.570. The van der Waals surface area contributed by atoms with Crippen LogP contribution in [0.25, 0.3) is 0 Å². The third-order valence-corrected chi connectivity index (χ3v) is 7.28. The Kier molecular flexibility index (Phi) is 3.98. The van der Waals surface area contributed by atoms with Crippen molar-refractivity contribution in [2.75, 3.05) is 0 Å². The molecule has 3 saturated carbocycles. The van der Waals surface area contributed by atoms with Crippen LogP contribution in [0, 0.1) is 35.0 Å². The van der Waals surface area contributed by atoms with Crippen molar-refractivity contribution in [1.29, 1.82) is 0 Å². The minimum absolute atomic E-state index is 0.444. The predicted octanol–water partition coefficient (Wildman–Crippen LogP) is 4.27. The summed E-state index contributed by atoms with van der Waals surface area (Å²) in [5.74, 6) is 4.35. The topological polar surface area (TPSA) is 24.1 Å². The summed E-state index contributed by atoms with van der Waals surface area (Å²) in [5, 5.41) is 8.27. The molecule has 0 heterocycles. The van der Waals surface area contributed by atoms with Crippen molar-refractivity contribution < 1.29 is 0 Å². The van der Waals surface area contributed by atoms with Gasteiger partial charge in [-0.2, -0.15) is 0 Å². The van der Waals surface area contributed by atoms with Crippen LogP contribution in [0.15, 0.2) is 12.2 Å². The number of nitrogens with one attached hydrogen (secondary N) is 2. The molecule has 0 unspecified atom stereocenters. The van der Waals surface area contributed by atoms with Crippen molar-refractivity contribution in [3.63, 3.8) is 0 Å². The molecule has 0 aromatic rings. The highest BCUT2D eigenvalue weighted by Crippen LogP contribution is 2.56. The quantitative estimate of drug-likeness (QED) is 0.583. The largest absolute Gasteiger partial charge is 0.360 e. The Labute approximate surface area is 146 Å². The summed E-state index contributed by atoms with van der Waals surface area (Å²) in [6.45, 7) is 7.18. The third kappa shape index (κ3) is 3.06. The first-order valence-corrected chi connectivity index (χ1v) is 10.1. The van der Waals surface area contributed by atoms with Crippen LogP contribution in [0.5, 0.6) is 0 Å².